The molecule has 0 radical (unpaired) electrons. The van der Waals surface area contributed by atoms with Crippen molar-refractivity contribution in [2.24, 2.45) is 15.1 Å². The summed E-state index contributed by atoms with van der Waals surface area (Å²) in [5.74, 6) is 0.0941. The summed E-state index contributed by atoms with van der Waals surface area (Å²) in [5, 5.41) is 22.4. The van der Waals surface area contributed by atoms with Crippen LogP contribution in [0, 0.1) is 11.3 Å². The Labute approximate surface area is 230 Å². The molecule has 0 saturated carbocycles. The molecule has 3 aromatic rings. The number of hydrogen-bond acceptors (Lipinski definition) is 8. The van der Waals surface area contributed by atoms with Crippen LogP contribution in [0.5, 0.6) is 5.75 Å². The molecule has 206 valence electrons. The van der Waals surface area contributed by atoms with Gasteiger partial charge in [-0.3, -0.25) is 5.32 Å². The van der Waals surface area contributed by atoms with Gasteiger partial charge < -0.3 is 15.4 Å². The fraction of sp³-hybridized carbons (Fsp3) is 0.160. The van der Waals surface area contributed by atoms with Crippen molar-refractivity contribution in [3.05, 3.63) is 88.7 Å². The molecular formula is C25H20ClF4N9O. The number of nitriles is 1. The Morgan fingerprint density at radius 3 is 2.52 bits per heavy atom. The Morgan fingerprint density at radius 1 is 1.12 bits per heavy atom. The Hall–Kier alpha value is -4.90. The third-order valence-corrected chi connectivity index (χ3v) is 5.29. The number of alkyl halides is 4. The number of aliphatic imine (C=N–C) groups is 2. The average Bonchev–Trinajstić information content (AvgIpc) is 2.94. The zero-order valence-electron chi connectivity index (χ0n) is 20.3. The minimum Gasteiger partial charge on any atom is -0.428 e. The van der Waals surface area contributed by atoms with E-state index in [2.05, 4.69) is 46.2 Å². The molecule has 0 saturated heterocycles. The lowest BCUT2D eigenvalue weighted by Crippen LogP contribution is -2.56. The number of hydrazone groups is 1. The van der Waals surface area contributed by atoms with Gasteiger partial charge in [0.15, 0.2) is 6.29 Å². The SMILES string of the molecule is N#Cc1ccc(/C=N/NC2=NC(Nc3ccc(OC(F)(F)C(F)F)cc3)NC(=NCc3ccc(Cl)nc3)N2)cc1. The first-order valence-corrected chi connectivity index (χ1v) is 11.8. The lowest BCUT2D eigenvalue weighted by Gasteiger charge is -2.26. The maximum atomic E-state index is 13.2. The second kappa shape index (κ2) is 12.8. The van der Waals surface area contributed by atoms with Crippen LogP contribution in [0.2, 0.25) is 5.15 Å². The molecule has 1 aliphatic heterocycles. The fourth-order valence-corrected chi connectivity index (χ4v) is 3.25. The van der Waals surface area contributed by atoms with Crippen LogP contribution in [0.25, 0.3) is 0 Å². The quantitative estimate of drug-likeness (QED) is 0.130. The van der Waals surface area contributed by atoms with E-state index >= 15 is 0 Å². The molecule has 2 aromatic carbocycles. The van der Waals surface area contributed by atoms with Crippen molar-refractivity contribution in [1.29, 1.82) is 5.26 Å². The number of guanidine groups is 2. The smallest absolute Gasteiger partial charge is 0.428 e. The van der Waals surface area contributed by atoms with Crippen LogP contribution in [0.15, 0.2) is 81.9 Å². The van der Waals surface area contributed by atoms with Crippen LogP contribution < -0.4 is 26.1 Å². The number of rotatable bonds is 9. The van der Waals surface area contributed by atoms with Crippen molar-refractivity contribution in [2.45, 2.75) is 25.4 Å². The van der Waals surface area contributed by atoms with Crippen molar-refractivity contribution < 1.29 is 22.3 Å². The number of anilines is 1. The Kier molecular flexibility index (Phi) is 8.97. The molecule has 0 amide bonds. The first-order chi connectivity index (χ1) is 19.2. The van der Waals surface area contributed by atoms with Gasteiger partial charge in [0.05, 0.1) is 24.4 Å². The first-order valence-electron chi connectivity index (χ1n) is 11.5. The van der Waals surface area contributed by atoms with Crippen molar-refractivity contribution in [1.82, 2.24) is 21.0 Å². The second-order valence-corrected chi connectivity index (χ2v) is 8.43. The van der Waals surface area contributed by atoms with Crippen LogP contribution in [-0.4, -0.2) is 41.9 Å². The van der Waals surface area contributed by atoms with Crippen molar-refractivity contribution >= 4 is 35.4 Å². The molecule has 15 heteroatoms. The van der Waals surface area contributed by atoms with E-state index in [0.29, 0.717) is 22.4 Å². The van der Waals surface area contributed by atoms with Crippen LogP contribution in [-0.2, 0) is 6.54 Å². The predicted octanol–water partition coefficient (Wildman–Crippen LogP) is 4.27. The summed E-state index contributed by atoms with van der Waals surface area (Å²) < 4.78 is 55.2. The molecule has 1 atom stereocenters. The van der Waals surface area contributed by atoms with E-state index in [4.69, 9.17) is 16.9 Å². The zero-order valence-corrected chi connectivity index (χ0v) is 21.1. The molecule has 0 bridgehead atoms. The van der Waals surface area contributed by atoms with Crippen LogP contribution in [0.1, 0.15) is 16.7 Å². The monoisotopic (exact) mass is 573 g/mol. The Bertz CT molecular complexity index is 1420. The van der Waals surface area contributed by atoms with E-state index in [9.17, 15) is 17.6 Å². The summed E-state index contributed by atoms with van der Waals surface area (Å²) >= 11 is 5.83. The molecule has 10 nitrogen and oxygen atoms in total. The first kappa shape index (κ1) is 28.1. The van der Waals surface area contributed by atoms with Gasteiger partial charge in [-0.25, -0.2) is 20.4 Å². The third-order valence-electron chi connectivity index (χ3n) is 5.07. The van der Waals surface area contributed by atoms with Gasteiger partial charge in [-0.15, -0.1) is 0 Å². The van der Waals surface area contributed by atoms with E-state index in [1.54, 1.807) is 42.6 Å². The molecule has 2 heterocycles. The van der Waals surface area contributed by atoms with Crippen LogP contribution in [0.4, 0.5) is 23.2 Å². The standard InChI is InChI=1S/C25H20ClF4N9O/c26-20-10-5-17(12-32-20)13-33-22-36-23(35-18-6-8-19(9-7-18)40-25(29,30)21(27)28)38-24(37-22)39-34-14-16-3-1-15(11-31)2-4-16/h1-10,12,14,21,23,35H,13H2,(H3,33,36,37,38,39)/b34-14+. The molecule has 0 spiro atoms. The number of aromatic nitrogens is 1. The molecule has 1 aromatic heterocycles. The van der Waals surface area contributed by atoms with Gasteiger partial charge in [0.1, 0.15) is 10.9 Å². The lowest BCUT2D eigenvalue weighted by molar-refractivity contribution is -0.253. The number of hydrogen-bond donors (Lipinski definition) is 4. The van der Waals surface area contributed by atoms with E-state index in [-0.39, 0.29) is 12.5 Å². The molecular weight excluding hydrogens is 554 g/mol. The number of ether oxygens (including phenoxy) is 1. The van der Waals surface area contributed by atoms with E-state index in [0.717, 1.165) is 23.3 Å². The minimum absolute atomic E-state index is 0.214. The van der Waals surface area contributed by atoms with E-state index in [1.807, 2.05) is 6.07 Å². The molecule has 0 aliphatic carbocycles. The molecule has 4 N–H and O–H groups in total. The molecule has 4 rings (SSSR count). The number of halogens is 5. The molecule has 1 aliphatic rings. The molecule has 0 fully saturated rings. The summed E-state index contributed by atoms with van der Waals surface area (Å²) in [6.07, 6.45) is -6.27. The number of nitrogens with zero attached hydrogens (tertiary/aromatic N) is 5. The van der Waals surface area contributed by atoms with Gasteiger partial charge in [-0.1, -0.05) is 29.8 Å². The average molecular weight is 574 g/mol. The van der Waals surface area contributed by atoms with E-state index in [1.165, 1.54) is 18.3 Å². The van der Waals surface area contributed by atoms with Crippen LogP contribution >= 0.6 is 11.6 Å². The van der Waals surface area contributed by atoms with Gasteiger partial charge in [0.2, 0.25) is 11.9 Å². The normalized spacial score (nSPS) is 16.2. The molecule has 1 unspecified atom stereocenters. The minimum atomic E-state index is -4.61. The van der Waals surface area contributed by atoms with Crippen molar-refractivity contribution in [3.63, 3.8) is 0 Å². The molecule has 40 heavy (non-hydrogen) atoms. The number of nitrogens with one attached hydrogen (secondary N) is 4. The maximum Gasteiger partial charge on any atom is 0.461 e. The van der Waals surface area contributed by atoms with Gasteiger partial charge in [-0.2, -0.15) is 27.9 Å². The topological polar surface area (TPSA) is 131 Å². The summed E-state index contributed by atoms with van der Waals surface area (Å²) in [5.41, 5.74) is 5.23. The van der Waals surface area contributed by atoms with Crippen molar-refractivity contribution in [3.8, 4) is 11.8 Å². The summed E-state index contributed by atoms with van der Waals surface area (Å²) in [7, 11) is 0. The van der Waals surface area contributed by atoms with Crippen LogP contribution in [0.3, 0.4) is 0 Å². The highest BCUT2D eigenvalue weighted by Crippen LogP contribution is 2.28. The second-order valence-electron chi connectivity index (χ2n) is 8.04. The van der Waals surface area contributed by atoms with E-state index < -0.39 is 24.6 Å². The highest BCUT2D eigenvalue weighted by Gasteiger charge is 2.43. The number of benzene rings is 2. The lowest BCUT2D eigenvalue weighted by atomic mass is 10.2. The summed E-state index contributed by atoms with van der Waals surface area (Å²) in [4.78, 5) is 12.9. The highest BCUT2D eigenvalue weighted by atomic mass is 35.5. The van der Waals surface area contributed by atoms with Gasteiger partial charge in [-0.05, 0) is 53.6 Å². The number of pyridine rings is 1. The van der Waals surface area contributed by atoms with Gasteiger partial charge in [0.25, 0.3) is 0 Å². The van der Waals surface area contributed by atoms with Crippen molar-refractivity contribution in [2.75, 3.05) is 5.32 Å². The Morgan fingerprint density at radius 2 is 1.88 bits per heavy atom. The predicted molar refractivity (Wildman–Crippen MR) is 141 cm³/mol. The largest absolute Gasteiger partial charge is 0.461 e. The highest BCUT2D eigenvalue weighted by molar-refractivity contribution is 6.29. The summed E-state index contributed by atoms with van der Waals surface area (Å²) in [6.45, 7) is 0.248. The maximum absolute atomic E-state index is 13.2. The zero-order chi connectivity index (χ0) is 28.5. The van der Waals surface area contributed by atoms with Gasteiger partial charge >= 0.3 is 12.5 Å². The van der Waals surface area contributed by atoms with Gasteiger partial charge in [0, 0.05) is 11.9 Å². The Balaban J connectivity index is 1.47. The third kappa shape index (κ3) is 8.05. The fourth-order valence-electron chi connectivity index (χ4n) is 3.14. The summed E-state index contributed by atoms with van der Waals surface area (Å²) in [6, 6.07) is 17.2.